The van der Waals surface area contributed by atoms with E-state index in [1.807, 2.05) is 49.5 Å². The van der Waals surface area contributed by atoms with E-state index in [0.29, 0.717) is 18.9 Å². The minimum absolute atomic E-state index is 0.0226. The summed E-state index contributed by atoms with van der Waals surface area (Å²) in [6.45, 7) is 10.3. The predicted octanol–water partition coefficient (Wildman–Crippen LogP) is 5.81. The van der Waals surface area contributed by atoms with Crippen LogP contribution in [0, 0.1) is 26.7 Å². The van der Waals surface area contributed by atoms with Crippen molar-refractivity contribution in [1.29, 1.82) is 0 Å². The third-order valence-corrected chi connectivity index (χ3v) is 7.37. The van der Waals surface area contributed by atoms with Gasteiger partial charge in [0.1, 0.15) is 11.8 Å². The van der Waals surface area contributed by atoms with Gasteiger partial charge in [-0.1, -0.05) is 55.0 Å². The fraction of sp³-hybridized carbons (Fsp3) is 0.375. The Labute approximate surface area is 225 Å². The molecule has 2 amide bonds. The lowest BCUT2D eigenvalue weighted by Crippen LogP contribution is -2.48. The summed E-state index contributed by atoms with van der Waals surface area (Å²) >= 11 is 0. The highest BCUT2D eigenvalue weighted by molar-refractivity contribution is 5.90. The van der Waals surface area contributed by atoms with Gasteiger partial charge in [-0.3, -0.25) is 19.4 Å². The fourth-order valence-corrected chi connectivity index (χ4v) is 5.36. The molecule has 1 aliphatic heterocycles. The topological polar surface area (TPSA) is 79.4 Å². The number of aryl methyl sites for hydroxylation is 3. The van der Waals surface area contributed by atoms with Crippen LogP contribution in [0.3, 0.4) is 0 Å². The second-order valence-electron chi connectivity index (χ2n) is 10.7. The Morgan fingerprint density at radius 3 is 2.37 bits per heavy atom. The van der Waals surface area contributed by atoms with Crippen molar-refractivity contribution < 1.29 is 14.4 Å². The first-order valence-electron chi connectivity index (χ1n) is 13.3. The highest BCUT2D eigenvalue weighted by Gasteiger charge is 2.36. The normalized spacial score (nSPS) is 17.1. The minimum Gasteiger partial charge on any atom is -0.347 e. The van der Waals surface area contributed by atoms with E-state index in [1.165, 1.54) is 6.92 Å². The van der Waals surface area contributed by atoms with Crippen molar-refractivity contribution in [2.24, 2.45) is 5.92 Å². The standard InChI is InChI=1S/C32H37N3O3/c1-20-9-12-25(13-10-20)31(35-19-21(2)11-14-29(35)37)32(38)34-28(15-24(5)36)26-16-27(18-33-17-26)30-22(3)7-6-8-23(30)4/h6-10,12-13,16-18,21,28,31H,11,14-15,19H2,1-5H3,(H,34,38)/t21?,28-,31+/m0/s1. The molecule has 1 saturated heterocycles. The molecule has 6 nitrogen and oxygen atoms in total. The maximum atomic E-state index is 14.0. The van der Waals surface area contributed by atoms with Gasteiger partial charge in [0.25, 0.3) is 0 Å². The van der Waals surface area contributed by atoms with Crippen LogP contribution in [0.4, 0.5) is 0 Å². The number of piperidine rings is 1. The third-order valence-electron chi connectivity index (χ3n) is 7.37. The van der Waals surface area contributed by atoms with Crippen LogP contribution < -0.4 is 5.32 Å². The summed E-state index contributed by atoms with van der Waals surface area (Å²) in [5.74, 6) is -0.0484. The molecule has 0 saturated carbocycles. The largest absolute Gasteiger partial charge is 0.347 e. The Hall–Kier alpha value is -3.80. The average molecular weight is 512 g/mol. The van der Waals surface area contributed by atoms with Gasteiger partial charge >= 0.3 is 0 Å². The number of hydrogen-bond acceptors (Lipinski definition) is 4. The quantitative estimate of drug-likeness (QED) is 0.414. The van der Waals surface area contributed by atoms with Gasteiger partial charge in [-0.25, -0.2) is 0 Å². The van der Waals surface area contributed by atoms with Gasteiger partial charge in [0, 0.05) is 37.3 Å². The number of carbonyl (C=O) groups is 3. The van der Waals surface area contributed by atoms with Crippen LogP contribution in [0.25, 0.3) is 11.1 Å². The van der Waals surface area contributed by atoms with Crippen LogP contribution in [-0.4, -0.2) is 34.0 Å². The molecular weight excluding hydrogens is 474 g/mol. The predicted molar refractivity (Wildman–Crippen MR) is 149 cm³/mol. The van der Waals surface area contributed by atoms with Gasteiger partial charge in [0.15, 0.2) is 0 Å². The fourth-order valence-electron chi connectivity index (χ4n) is 5.36. The maximum Gasteiger partial charge on any atom is 0.247 e. The molecule has 6 heteroatoms. The van der Waals surface area contributed by atoms with E-state index in [0.717, 1.165) is 45.4 Å². The van der Waals surface area contributed by atoms with E-state index in [2.05, 4.69) is 43.2 Å². The monoisotopic (exact) mass is 511 g/mol. The Morgan fingerprint density at radius 2 is 1.71 bits per heavy atom. The van der Waals surface area contributed by atoms with Gasteiger partial charge in [-0.2, -0.15) is 0 Å². The van der Waals surface area contributed by atoms with Crippen molar-refractivity contribution in [3.63, 3.8) is 0 Å². The van der Waals surface area contributed by atoms with E-state index in [9.17, 15) is 14.4 Å². The zero-order chi connectivity index (χ0) is 27.4. The number of aromatic nitrogens is 1. The first-order valence-corrected chi connectivity index (χ1v) is 13.3. The molecular formula is C32H37N3O3. The number of likely N-dealkylation sites (tertiary alicyclic amines) is 1. The van der Waals surface area contributed by atoms with E-state index in [-0.39, 0.29) is 24.0 Å². The number of carbonyl (C=O) groups excluding carboxylic acids is 3. The van der Waals surface area contributed by atoms with Crippen LogP contribution in [0.2, 0.25) is 0 Å². The smallest absolute Gasteiger partial charge is 0.247 e. The van der Waals surface area contributed by atoms with E-state index < -0.39 is 12.1 Å². The van der Waals surface area contributed by atoms with E-state index in [4.69, 9.17) is 0 Å². The summed E-state index contributed by atoms with van der Waals surface area (Å²) in [5.41, 5.74) is 6.90. The number of ketones is 1. The SMILES string of the molecule is CC(=O)C[C@H](NC(=O)[C@@H](c1ccc(C)cc1)N1CC(C)CCC1=O)c1cncc(-c2c(C)cccc2C)c1. The summed E-state index contributed by atoms with van der Waals surface area (Å²) in [6.07, 6.45) is 4.90. The second kappa shape index (κ2) is 11.7. The molecule has 0 spiro atoms. The Kier molecular flexibility index (Phi) is 8.40. The van der Waals surface area contributed by atoms with Gasteiger partial charge in [0.2, 0.25) is 11.8 Å². The van der Waals surface area contributed by atoms with Gasteiger partial charge in [-0.05, 0) is 73.9 Å². The number of benzene rings is 2. The van der Waals surface area contributed by atoms with Crippen LogP contribution in [-0.2, 0) is 14.4 Å². The molecule has 2 aromatic carbocycles. The number of amides is 2. The molecule has 3 aromatic rings. The molecule has 1 aliphatic rings. The first-order chi connectivity index (χ1) is 18.1. The highest BCUT2D eigenvalue weighted by atomic mass is 16.2. The summed E-state index contributed by atoms with van der Waals surface area (Å²) < 4.78 is 0. The van der Waals surface area contributed by atoms with Gasteiger partial charge in [0.05, 0.1) is 6.04 Å². The number of hydrogen-bond donors (Lipinski definition) is 1. The lowest BCUT2D eigenvalue weighted by molar-refractivity contribution is -0.144. The first kappa shape index (κ1) is 27.2. The number of rotatable bonds is 8. The number of nitrogens with zero attached hydrogens (tertiary/aromatic N) is 2. The summed E-state index contributed by atoms with van der Waals surface area (Å²) in [5, 5.41) is 3.12. The molecule has 0 bridgehead atoms. The zero-order valence-corrected chi connectivity index (χ0v) is 23.0. The molecule has 198 valence electrons. The molecule has 0 aliphatic carbocycles. The summed E-state index contributed by atoms with van der Waals surface area (Å²) in [6, 6.07) is 14.6. The molecule has 1 fully saturated rings. The Balaban J connectivity index is 1.70. The third kappa shape index (κ3) is 6.18. The molecule has 1 aromatic heterocycles. The lowest BCUT2D eigenvalue weighted by Gasteiger charge is -2.37. The van der Waals surface area contributed by atoms with Crippen molar-refractivity contribution in [1.82, 2.24) is 15.2 Å². The molecule has 2 heterocycles. The lowest BCUT2D eigenvalue weighted by atomic mass is 9.93. The van der Waals surface area contributed by atoms with Crippen molar-refractivity contribution in [3.05, 3.63) is 88.7 Å². The molecule has 4 rings (SSSR count). The maximum absolute atomic E-state index is 14.0. The molecule has 1 unspecified atom stereocenters. The molecule has 0 radical (unpaired) electrons. The molecule has 38 heavy (non-hydrogen) atoms. The van der Waals surface area contributed by atoms with Crippen LogP contribution in [0.5, 0.6) is 0 Å². The van der Waals surface area contributed by atoms with Crippen LogP contribution >= 0.6 is 0 Å². The summed E-state index contributed by atoms with van der Waals surface area (Å²) in [7, 11) is 0. The number of pyridine rings is 1. The van der Waals surface area contributed by atoms with Crippen molar-refractivity contribution in [2.75, 3.05) is 6.54 Å². The van der Waals surface area contributed by atoms with Crippen molar-refractivity contribution >= 4 is 17.6 Å². The average Bonchev–Trinajstić information content (AvgIpc) is 2.87. The van der Waals surface area contributed by atoms with Gasteiger partial charge in [-0.15, -0.1) is 0 Å². The van der Waals surface area contributed by atoms with Crippen LogP contribution in [0.15, 0.2) is 60.9 Å². The van der Waals surface area contributed by atoms with E-state index in [1.54, 1.807) is 11.1 Å². The molecule has 1 N–H and O–H groups in total. The Bertz CT molecular complexity index is 1310. The number of Topliss-reactive ketones (excluding diaryl/α,β-unsaturated/α-hetero) is 1. The summed E-state index contributed by atoms with van der Waals surface area (Å²) in [4.78, 5) is 45.5. The Morgan fingerprint density at radius 1 is 1.03 bits per heavy atom. The molecule has 3 atom stereocenters. The zero-order valence-electron chi connectivity index (χ0n) is 23.0. The second-order valence-corrected chi connectivity index (χ2v) is 10.7. The minimum atomic E-state index is -0.768. The number of nitrogens with one attached hydrogen (secondary N) is 1. The highest BCUT2D eigenvalue weighted by Crippen LogP contribution is 2.32. The van der Waals surface area contributed by atoms with Crippen molar-refractivity contribution in [2.45, 2.75) is 66.0 Å². The van der Waals surface area contributed by atoms with Crippen molar-refractivity contribution in [3.8, 4) is 11.1 Å². The van der Waals surface area contributed by atoms with Crippen LogP contribution in [0.1, 0.15) is 73.0 Å². The van der Waals surface area contributed by atoms with E-state index >= 15 is 0 Å². The van der Waals surface area contributed by atoms with Gasteiger partial charge < -0.3 is 10.2 Å².